The lowest BCUT2D eigenvalue weighted by Crippen LogP contribution is -2.11. The molecule has 0 bridgehead atoms. The second kappa shape index (κ2) is 6.57. The standard InChI is InChI=1S/C20H17BrN6O/c21-12-2-3-18-13(7-12)14(10-27(18)5-1-4-22)19-20(28)25-16-6-11-9-23-26-15(11)8-17(16)24-19/h2-3,6-10H,1,4-5,22H2,(H,23,26)(H,25,28). The van der Waals surface area contributed by atoms with Crippen LogP contribution in [0.25, 0.3) is 44.1 Å². The van der Waals surface area contributed by atoms with E-state index in [2.05, 4.69) is 35.7 Å². The van der Waals surface area contributed by atoms with Gasteiger partial charge in [-0.3, -0.25) is 9.89 Å². The minimum absolute atomic E-state index is 0.215. The molecule has 0 amide bonds. The Morgan fingerprint density at radius 1 is 1.18 bits per heavy atom. The number of aryl methyl sites for hydroxylation is 1. The topological polar surface area (TPSA) is 105 Å². The first-order valence-corrected chi connectivity index (χ1v) is 9.79. The molecule has 0 fully saturated rings. The van der Waals surface area contributed by atoms with Crippen molar-refractivity contribution in [1.82, 2.24) is 24.7 Å². The molecule has 0 atom stereocenters. The molecular formula is C20H17BrN6O. The molecule has 0 radical (unpaired) electrons. The van der Waals surface area contributed by atoms with E-state index in [1.807, 2.05) is 36.5 Å². The Kier molecular flexibility index (Phi) is 4.03. The van der Waals surface area contributed by atoms with E-state index < -0.39 is 0 Å². The lowest BCUT2D eigenvalue weighted by molar-refractivity contribution is 0.671. The van der Waals surface area contributed by atoms with Crippen molar-refractivity contribution in [2.45, 2.75) is 13.0 Å². The zero-order valence-corrected chi connectivity index (χ0v) is 16.5. The summed E-state index contributed by atoms with van der Waals surface area (Å²) < 4.78 is 3.09. The van der Waals surface area contributed by atoms with Crippen molar-refractivity contribution < 1.29 is 0 Å². The fourth-order valence-electron chi connectivity index (χ4n) is 3.61. The number of fused-ring (bicyclic) bond motifs is 3. The Balaban J connectivity index is 1.77. The molecule has 5 aromatic rings. The third-order valence-electron chi connectivity index (χ3n) is 4.95. The zero-order valence-electron chi connectivity index (χ0n) is 14.9. The number of aromatic nitrogens is 5. The van der Waals surface area contributed by atoms with E-state index in [1.54, 1.807) is 6.20 Å². The van der Waals surface area contributed by atoms with Crippen molar-refractivity contribution in [3.63, 3.8) is 0 Å². The maximum Gasteiger partial charge on any atom is 0.275 e. The first kappa shape index (κ1) is 17.2. The van der Waals surface area contributed by atoms with Crippen molar-refractivity contribution in [1.29, 1.82) is 0 Å². The van der Waals surface area contributed by atoms with Crippen LogP contribution in [0.3, 0.4) is 0 Å². The number of hydrogen-bond acceptors (Lipinski definition) is 4. The van der Waals surface area contributed by atoms with E-state index >= 15 is 0 Å². The second-order valence-electron chi connectivity index (χ2n) is 6.78. The lowest BCUT2D eigenvalue weighted by Gasteiger charge is -2.03. The van der Waals surface area contributed by atoms with Crippen LogP contribution < -0.4 is 11.3 Å². The van der Waals surface area contributed by atoms with E-state index in [0.29, 0.717) is 23.3 Å². The van der Waals surface area contributed by atoms with Crippen LogP contribution in [0.15, 0.2) is 52.0 Å². The number of nitrogens with two attached hydrogens (primary N) is 1. The first-order valence-electron chi connectivity index (χ1n) is 9.00. The smallest absolute Gasteiger partial charge is 0.275 e. The van der Waals surface area contributed by atoms with E-state index in [1.165, 1.54) is 0 Å². The molecule has 5 rings (SSSR count). The number of nitrogens with zero attached hydrogens (tertiary/aromatic N) is 3. The van der Waals surface area contributed by atoms with Gasteiger partial charge in [0.15, 0.2) is 0 Å². The van der Waals surface area contributed by atoms with Gasteiger partial charge in [0.05, 0.1) is 22.7 Å². The fraction of sp³-hybridized carbons (Fsp3) is 0.150. The van der Waals surface area contributed by atoms with Crippen LogP contribution in [0.1, 0.15) is 6.42 Å². The van der Waals surface area contributed by atoms with Crippen molar-refractivity contribution in [2.24, 2.45) is 5.73 Å². The van der Waals surface area contributed by atoms with Gasteiger partial charge in [0.2, 0.25) is 0 Å². The Hall–Kier alpha value is -2.97. The van der Waals surface area contributed by atoms with Crippen molar-refractivity contribution in [3.8, 4) is 11.3 Å². The number of nitrogens with one attached hydrogen (secondary N) is 2. The van der Waals surface area contributed by atoms with Gasteiger partial charge in [0.25, 0.3) is 5.56 Å². The molecular weight excluding hydrogens is 420 g/mol. The summed E-state index contributed by atoms with van der Waals surface area (Å²) in [7, 11) is 0. The predicted molar refractivity (Wildman–Crippen MR) is 114 cm³/mol. The highest BCUT2D eigenvalue weighted by Crippen LogP contribution is 2.31. The molecule has 2 aromatic carbocycles. The molecule has 0 saturated heterocycles. The number of rotatable bonds is 4. The number of H-pyrrole nitrogens is 2. The number of benzene rings is 2. The normalized spacial score (nSPS) is 11.8. The van der Waals surface area contributed by atoms with E-state index in [0.717, 1.165) is 44.8 Å². The van der Waals surface area contributed by atoms with Gasteiger partial charge in [-0.15, -0.1) is 0 Å². The quantitative estimate of drug-likeness (QED) is 0.400. The molecule has 0 saturated carbocycles. The van der Waals surface area contributed by atoms with Gasteiger partial charge >= 0.3 is 0 Å². The molecule has 0 unspecified atom stereocenters. The second-order valence-corrected chi connectivity index (χ2v) is 7.70. The molecule has 0 aliphatic rings. The van der Waals surface area contributed by atoms with Gasteiger partial charge in [-0.05, 0) is 43.3 Å². The summed E-state index contributed by atoms with van der Waals surface area (Å²) >= 11 is 3.54. The highest BCUT2D eigenvalue weighted by atomic mass is 79.9. The molecule has 8 heteroatoms. The molecule has 0 spiro atoms. The van der Waals surface area contributed by atoms with Crippen LogP contribution in [-0.2, 0) is 6.54 Å². The summed E-state index contributed by atoms with van der Waals surface area (Å²) in [6, 6.07) is 9.85. The van der Waals surface area contributed by atoms with Crippen LogP contribution >= 0.6 is 15.9 Å². The molecule has 7 nitrogen and oxygen atoms in total. The summed E-state index contributed by atoms with van der Waals surface area (Å²) in [5.41, 5.74) is 10.0. The summed E-state index contributed by atoms with van der Waals surface area (Å²) in [5.74, 6) is 0. The van der Waals surface area contributed by atoms with Gasteiger partial charge in [-0.25, -0.2) is 4.98 Å². The molecule has 28 heavy (non-hydrogen) atoms. The summed E-state index contributed by atoms with van der Waals surface area (Å²) in [4.78, 5) is 20.6. The van der Waals surface area contributed by atoms with Crippen molar-refractivity contribution >= 4 is 48.8 Å². The van der Waals surface area contributed by atoms with E-state index in [9.17, 15) is 4.79 Å². The molecule has 140 valence electrons. The number of halogens is 1. The van der Waals surface area contributed by atoms with Crippen molar-refractivity contribution in [3.05, 3.63) is 57.6 Å². The molecule has 0 aliphatic heterocycles. The Morgan fingerprint density at radius 3 is 2.93 bits per heavy atom. The van der Waals surface area contributed by atoms with Gasteiger partial charge < -0.3 is 15.3 Å². The molecule has 0 aliphatic carbocycles. The highest BCUT2D eigenvalue weighted by Gasteiger charge is 2.16. The SMILES string of the molecule is NCCCn1cc(-c2nc3cc4[nH]ncc4cc3[nH]c2=O)c2cc(Br)ccc21. The number of hydrogen-bond donors (Lipinski definition) is 3. The van der Waals surface area contributed by atoms with Gasteiger partial charge in [-0.1, -0.05) is 15.9 Å². The maximum atomic E-state index is 12.9. The monoisotopic (exact) mass is 436 g/mol. The van der Waals surface area contributed by atoms with Crippen LogP contribution in [0.2, 0.25) is 0 Å². The van der Waals surface area contributed by atoms with Crippen LogP contribution in [0.5, 0.6) is 0 Å². The highest BCUT2D eigenvalue weighted by molar-refractivity contribution is 9.10. The average Bonchev–Trinajstić information content (AvgIpc) is 3.27. The first-order chi connectivity index (χ1) is 13.6. The van der Waals surface area contributed by atoms with Gasteiger partial charge in [-0.2, -0.15) is 5.10 Å². The lowest BCUT2D eigenvalue weighted by atomic mass is 10.1. The summed E-state index contributed by atoms with van der Waals surface area (Å²) in [6.45, 7) is 1.40. The van der Waals surface area contributed by atoms with Gasteiger partial charge in [0, 0.05) is 39.1 Å². The van der Waals surface area contributed by atoms with Gasteiger partial charge in [0.1, 0.15) is 5.69 Å². The minimum atomic E-state index is -0.215. The Morgan fingerprint density at radius 2 is 2.07 bits per heavy atom. The molecule has 3 heterocycles. The molecule has 3 aromatic heterocycles. The third kappa shape index (κ3) is 2.73. The number of aromatic amines is 2. The average molecular weight is 437 g/mol. The predicted octanol–water partition coefficient (Wildman–Crippen LogP) is 3.53. The Bertz CT molecular complexity index is 1400. The zero-order chi connectivity index (χ0) is 19.3. The van der Waals surface area contributed by atoms with Crippen LogP contribution in [0.4, 0.5) is 0 Å². The summed E-state index contributed by atoms with van der Waals surface area (Å²) in [5, 5.41) is 8.90. The van der Waals surface area contributed by atoms with Crippen LogP contribution in [0, 0.1) is 0 Å². The van der Waals surface area contributed by atoms with E-state index in [4.69, 9.17) is 10.7 Å². The maximum absolute atomic E-state index is 12.9. The Labute approximate surface area is 167 Å². The third-order valence-corrected chi connectivity index (χ3v) is 5.45. The van der Waals surface area contributed by atoms with Crippen molar-refractivity contribution in [2.75, 3.05) is 6.54 Å². The minimum Gasteiger partial charge on any atom is -0.347 e. The van der Waals surface area contributed by atoms with E-state index in [-0.39, 0.29) is 5.56 Å². The molecule has 4 N–H and O–H groups in total. The summed E-state index contributed by atoms with van der Waals surface area (Å²) in [6.07, 6.45) is 4.58. The largest absolute Gasteiger partial charge is 0.347 e. The van der Waals surface area contributed by atoms with Crippen LogP contribution in [-0.4, -0.2) is 31.3 Å². The fourth-order valence-corrected chi connectivity index (χ4v) is 3.97.